The number of nitrogens with zero attached hydrogens (tertiary/aromatic N) is 2. The van der Waals surface area contributed by atoms with Crippen LogP contribution in [0.1, 0.15) is 23.7 Å². The van der Waals surface area contributed by atoms with E-state index in [-0.39, 0.29) is 18.2 Å². The molecule has 0 spiro atoms. The fourth-order valence-electron chi connectivity index (χ4n) is 1.91. The Morgan fingerprint density at radius 2 is 2.19 bits per heavy atom. The van der Waals surface area contributed by atoms with Gasteiger partial charge in [-0.2, -0.15) is 5.26 Å². The second-order valence-corrected chi connectivity index (χ2v) is 4.92. The third-order valence-corrected chi connectivity index (χ3v) is 2.82. The van der Waals surface area contributed by atoms with Crippen LogP contribution in [0.4, 0.5) is 4.39 Å². The highest BCUT2D eigenvalue weighted by Crippen LogP contribution is 2.14. The molecule has 1 aromatic carbocycles. The summed E-state index contributed by atoms with van der Waals surface area (Å²) in [6, 6.07) is 9.75. The van der Waals surface area contributed by atoms with Crippen LogP contribution in [0.2, 0.25) is 0 Å². The van der Waals surface area contributed by atoms with E-state index < -0.39 is 5.82 Å². The van der Waals surface area contributed by atoms with Gasteiger partial charge in [-0.05, 0) is 42.8 Å². The lowest BCUT2D eigenvalue weighted by Crippen LogP contribution is -2.18. The number of ether oxygens (including phenoxy) is 1. The molecule has 0 saturated heterocycles. The second-order valence-electron chi connectivity index (χ2n) is 4.92. The average Bonchev–Trinajstić information content (AvgIpc) is 2.45. The monoisotopic (exact) mass is 285 g/mol. The van der Waals surface area contributed by atoms with E-state index in [1.54, 1.807) is 18.3 Å². The van der Waals surface area contributed by atoms with Gasteiger partial charge in [0.25, 0.3) is 0 Å². The third-order valence-electron chi connectivity index (χ3n) is 2.82. The molecular weight excluding hydrogens is 269 g/mol. The van der Waals surface area contributed by atoms with E-state index in [9.17, 15) is 4.39 Å². The first-order valence-electron chi connectivity index (χ1n) is 6.59. The summed E-state index contributed by atoms with van der Waals surface area (Å²) in [7, 11) is 0. The summed E-state index contributed by atoms with van der Waals surface area (Å²) in [4.78, 5) is 4.25. The van der Waals surface area contributed by atoms with Crippen molar-refractivity contribution in [3.05, 3.63) is 59.2 Å². The molecule has 1 atom stereocenters. The van der Waals surface area contributed by atoms with Crippen LogP contribution in [-0.2, 0) is 13.0 Å². The number of hydrogen-bond acceptors (Lipinski definition) is 4. The fraction of sp³-hybridized carbons (Fsp3) is 0.250. The van der Waals surface area contributed by atoms with Crippen LogP contribution in [-0.4, -0.2) is 11.0 Å². The molecule has 5 heteroatoms. The van der Waals surface area contributed by atoms with Gasteiger partial charge in [0, 0.05) is 18.2 Å². The summed E-state index contributed by atoms with van der Waals surface area (Å²) in [6.07, 6.45) is 2.32. The molecule has 1 aromatic heterocycles. The van der Waals surface area contributed by atoms with E-state index in [0.717, 1.165) is 5.69 Å². The molecule has 1 unspecified atom stereocenters. The molecule has 2 rings (SSSR count). The van der Waals surface area contributed by atoms with Crippen molar-refractivity contribution >= 4 is 0 Å². The Kier molecular flexibility index (Phi) is 4.85. The maximum Gasteiger partial charge on any atom is 0.138 e. The van der Waals surface area contributed by atoms with Gasteiger partial charge in [0.2, 0.25) is 0 Å². The van der Waals surface area contributed by atoms with Gasteiger partial charge in [-0.15, -0.1) is 0 Å². The standard InChI is InChI=1S/C16H16FN3O/c1-11(19)4-15-2-3-16(9-20-15)21-10-13-5-12(8-18)6-14(17)7-13/h2-3,5-7,9,11H,4,10,19H2,1H3. The number of halogens is 1. The lowest BCUT2D eigenvalue weighted by molar-refractivity contribution is 0.304. The molecule has 108 valence electrons. The Bertz CT molecular complexity index is 648. The Morgan fingerprint density at radius 3 is 2.81 bits per heavy atom. The summed E-state index contributed by atoms with van der Waals surface area (Å²) in [5, 5.41) is 8.80. The molecule has 0 aliphatic carbocycles. The van der Waals surface area contributed by atoms with Crippen LogP contribution in [0.15, 0.2) is 36.5 Å². The molecular formula is C16H16FN3O. The minimum atomic E-state index is -0.446. The molecule has 0 radical (unpaired) electrons. The molecule has 0 aliphatic heterocycles. The predicted octanol–water partition coefficient (Wildman–Crippen LogP) is 2.56. The Morgan fingerprint density at radius 1 is 1.38 bits per heavy atom. The summed E-state index contributed by atoms with van der Waals surface area (Å²) < 4.78 is 18.8. The number of pyridine rings is 1. The highest BCUT2D eigenvalue weighted by molar-refractivity contribution is 5.33. The first kappa shape index (κ1) is 14.9. The Labute approximate surface area is 123 Å². The van der Waals surface area contributed by atoms with Gasteiger partial charge in [0.05, 0.1) is 17.8 Å². The smallest absolute Gasteiger partial charge is 0.138 e. The van der Waals surface area contributed by atoms with Crippen molar-refractivity contribution in [3.8, 4) is 11.8 Å². The molecule has 2 aromatic rings. The van der Waals surface area contributed by atoms with Gasteiger partial charge in [0.15, 0.2) is 0 Å². The van der Waals surface area contributed by atoms with Gasteiger partial charge in [-0.25, -0.2) is 4.39 Å². The van der Waals surface area contributed by atoms with Crippen molar-refractivity contribution < 1.29 is 9.13 Å². The minimum Gasteiger partial charge on any atom is -0.487 e. The minimum absolute atomic E-state index is 0.0564. The molecule has 4 nitrogen and oxygen atoms in total. The third kappa shape index (κ3) is 4.55. The highest BCUT2D eigenvalue weighted by atomic mass is 19.1. The van der Waals surface area contributed by atoms with Crippen LogP contribution in [0.25, 0.3) is 0 Å². The van der Waals surface area contributed by atoms with Gasteiger partial charge >= 0.3 is 0 Å². The number of benzene rings is 1. The van der Waals surface area contributed by atoms with E-state index in [2.05, 4.69) is 4.98 Å². The van der Waals surface area contributed by atoms with Gasteiger partial charge in [0.1, 0.15) is 18.2 Å². The Balaban J connectivity index is 2.00. The maximum absolute atomic E-state index is 13.3. The van der Waals surface area contributed by atoms with Crippen molar-refractivity contribution in [1.82, 2.24) is 4.98 Å². The number of rotatable bonds is 5. The van der Waals surface area contributed by atoms with Crippen LogP contribution in [0.3, 0.4) is 0 Å². The molecule has 1 heterocycles. The molecule has 2 N–H and O–H groups in total. The maximum atomic E-state index is 13.3. The largest absolute Gasteiger partial charge is 0.487 e. The lowest BCUT2D eigenvalue weighted by atomic mass is 10.1. The normalized spacial score (nSPS) is 11.7. The summed E-state index contributed by atoms with van der Waals surface area (Å²) in [6.45, 7) is 2.10. The van der Waals surface area contributed by atoms with Crippen LogP contribution < -0.4 is 10.5 Å². The number of nitriles is 1. The first-order valence-corrected chi connectivity index (χ1v) is 6.59. The van der Waals surface area contributed by atoms with Gasteiger partial charge < -0.3 is 10.5 Å². The van der Waals surface area contributed by atoms with E-state index in [0.29, 0.717) is 17.7 Å². The quantitative estimate of drug-likeness (QED) is 0.916. The van der Waals surface area contributed by atoms with Gasteiger partial charge in [-0.1, -0.05) is 0 Å². The topological polar surface area (TPSA) is 71.9 Å². The lowest BCUT2D eigenvalue weighted by Gasteiger charge is -2.08. The van der Waals surface area contributed by atoms with Crippen LogP contribution in [0.5, 0.6) is 5.75 Å². The molecule has 0 amide bonds. The fourth-order valence-corrected chi connectivity index (χ4v) is 1.91. The van der Waals surface area contributed by atoms with Crippen molar-refractivity contribution in [2.24, 2.45) is 5.73 Å². The van der Waals surface area contributed by atoms with Crippen molar-refractivity contribution in [1.29, 1.82) is 5.26 Å². The zero-order valence-corrected chi connectivity index (χ0v) is 11.7. The molecule has 21 heavy (non-hydrogen) atoms. The van der Waals surface area contributed by atoms with E-state index in [1.165, 1.54) is 12.1 Å². The number of aromatic nitrogens is 1. The zero-order valence-electron chi connectivity index (χ0n) is 11.7. The Hall–Kier alpha value is -2.45. The summed E-state index contributed by atoms with van der Waals surface area (Å²) in [5.41, 5.74) is 7.48. The SMILES string of the molecule is CC(N)Cc1ccc(OCc2cc(F)cc(C#N)c2)cn1. The van der Waals surface area contributed by atoms with Crippen LogP contribution >= 0.6 is 0 Å². The number of nitrogens with two attached hydrogens (primary N) is 1. The molecule has 0 aliphatic rings. The second kappa shape index (κ2) is 6.82. The average molecular weight is 285 g/mol. The van der Waals surface area contributed by atoms with E-state index in [4.69, 9.17) is 15.7 Å². The van der Waals surface area contributed by atoms with Crippen molar-refractivity contribution in [3.63, 3.8) is 0 Å². The highest BCUT2D eigenvalue weighted by Gasteiger charge is 2.03. The van der Waals surface area contributed by atoms with Crippen LogP contribution in [0, 0.1) is 17.1 Å². The summed E-state index contributed by atoms with van der Waals surface area (Å²) >= 11 is 0. The van der Waals surface area contributed by atoms with Crippen molar-refractivity contribution in [2.45, 2.75) is 26.0 Å². The zero-order chi connectivity index (χ0) is 15.2. The van der Waals surface area contributed by atoms with Gasteiger partial charge in [-0.3, -0.25) is 4.98 Å². The molecule has 0 bridgehead atoms. The van der Waals surface area contributed by atoms with Crippen molar-refractivity contribution in [2.75, 3.05) is 0 Å². The van der Waals surface area contributed by atoms with E-state index in [1.807, 2.05) is 19.1 Å². The molecule has 0 fully saturated rings. The number of hydrogen-bond donors (Lipinski definition) is 1. The predicted molar refractivity (Wildman–Crippen MR) is 77.0 cm³/mol. The summed E-state index contributed by atoms with van der Waals surface area (Å²) in [5.74, 6) is 0.143. The van der Waals surface area contributed by atoms with E-state index >= 15 is 0 Å². The first-order chi connectivity index (χ1) is 10.1. The molecule has 0 saturated carbocycles.